The van der Waals surface area contributed by atoms with Gasteiger partial charge in [-0.3, -0.25) is 10.1 Å². The minimum atomic E-state index is -1.23. The van der Waals surface area contributed by atoms with Crippen molar-refractivity contribution in [1.29, 1.82) is 0 Å². The molecule has 1 aromatic carbocycles. The molecule has 1 rings (SSSR count). The lowest BCUT2D eigenvalue weighted by atomic mass is 10.1. The summed E-state index contributed by atoms with van der Waals surface area (Å²) < 4.78 is 9.51. The average Bonchev–Trinajstić information content (AvgIpc) is 2.59. The van der Waals surface area contributed by atoms with Crippen LogP contribution in [0.1, 0.15) is 37.6 Å². The number of benzene rings is 1. The molecule has 3 amide bonds. The number of aliphatic carboxylic acids is 1. The smallest absolute Gasteiger partial charge is 0.411 e. The van der Waals surface area contributed by atoms with Crippen LogP contribution < -0.4 is 16.0 Å². The Hall–Kier alpha value is -3.30. The summed E-state index contributed by atoms with van der Waals surface area (Å²) in [5, 5.41) is 16.5. The molecule has 1 atom stereocenters. The highest BCUT2D eigenvalue weighted by Crippen LogP contribution is 2.10. The lowest BCUT2D eigenvalue weighted by Crippen LogP contribution is -2.43. The fourth-order valence-electron chi connectivity index (χ4n) is 2.01. The Balaban J connectivity index is 2.59. The SMILES string of the molecule is COC(=O)Nc1ccc(C(=O)NC(CCNC(=O)OC(C)(C)C)C(=O)O)cc1. The van der Waals surface area contributed by atoms with Crippen LogP contribution >= 0.6 is 0 Å². The van der Waals surface area contributed by atoms with Crippen molar-refractivity contribution in [3.05, 3.63) is 29.8 Å². The Labute approximate surface area is 162 Å². The van der Waals surface area contributed by atoms with Crippen molar-refractivity contribution in [3.63, 3.8) is 0 Å². The molecule has 154 valence electrons. The van der Waals surface area contributed by atoms with E-state index in [1.165, 1.54) is 31.4 Å². The minimum Gasteiger partial charge on any atom is -0.480 e. The first-order chi connectivity index (χ1) is 13.0. The Bertz CT molecular complexity index is 711. The molecular formula is C18H25N3O7. The monoisotopic (exact) mass is 395 g/mol. The minimum absolute atomic E-state index is 0.00808. The van der Waals surface area contributed by atoms with Crippen LogP contribution in [0, 0.1) is 0 Å². The fourth-order valence-corrected chi connectivity index (χ4v) is 2.01. The molecule has 28 heavy (non-hydrogen) atoms. The summed E-state index contributed by atoms with van der Waals surface area (Å²) in [5.41, 5.74) is -0.0409. The normalized spacial score (nSPS) is 11.7. The quantitative estimate of drug-likeness (QED) is 0.552. The van der Waals surface area contributed by atoms with Gasteiger partial charge in [0.25, 0.3) is 5.91 Å². The van der Waals surface area contributed by atoms with E-state index in [1.807, 2.05) is 0 Å². The van der Waals surface area contributed by atoms with Crippen molar-refractivity contribution in [2.24, 2.45) is 0 Å². The van der Waals surface area contributed by atoms with E-state index >= 15 is 0 Å². The summed E-state index contributed by atoms with van der Waals surface area (Å²) in [6.07, 6.45) is -1.35. The van der Waals surface area contributed by atoms with Gasteiger partial charge < -0.3 is 25.2 Å². The maximum atomic E-state index is 12.2. The van der Waals surface area contributed by atoms with E-state index in [9.17, 15) is 24.3 Å². The zero-order valence-electron chi connectivity index (χ0n) is 16.2. The van der Waals surface area contributed by atoms with Gasteiger partial charge in [0.05, 0.1) is 7.11 Å². The number of nitrogens with one attached hydrogen (secondary N) is 3. The highest BCUT2D eigenvalue weighted by atomic mass is 16.6. The first kappa shape index (κ1) is 22.7. The van der Waals surface area contributed by atoms with E-state index in [1.54, 1.807) is 20.8 Å². The number of rotatable bonds is 7. The first-order valence-electron chi connectivity index (χ1n) is 8.47. The first-order valence-corrected chi connectivity index (χ1v) is 8.47. The predicted octanol–water partition coefficient (Wildman–Crippen LogP) is 1.96. The molecule has 0 saturated heterocycles. The zero-order valence-corrected chi connectivity index (χ0v) is 16.2. The van der Waals surface area contributed by atoms with Crippen LogP contribution in [-0.4, -0.2) is 54.5 Å². The van der Waals surface area contributed by atoms with Gasteiger partial charge in [0.2, 0.25) is 0 Å². The largest absolute Gasteiger partial charge is 0.480 e. The second-order valence-corrected chi connectivity index (χ2v) is 6.78. The summed E-state index contributed by atoms with van der Waals surface area (Å²) in [7, 11) is 1.22. The van der Waals surface area contributed by atoms with Gasteiger partial charge in [-0.15, -0.1) is 0 Å². The summed E-state index contributed by atoms with van der Waals surface area (Å²) in [4.78, 5) is 46.3. The van der Waals surface area contributed by atoms with Crippen LogP contribution in [0.15, 0.2) is 24.3 Å². The van der Waals surface area contributed by atoms with E-state index in [0.29, 0.717) is 5.69 Å². The number of methoxy groups -OCH3 is 1. The third-order valence-electron chi connectivity index (χ3n) is 3.28. The summed E-state index contributed by atoms with van der Waals surface area (Å²) in [5.74, 6) is -1.84. The van der Waals surface area contributed by atoms with Crippen LogP contribution in [0.5, 0.6) is 0 Å². The molecule has 1 aromatic rings. The van der Waals surface area contributed by atoms with Gasteiger partial charge in [-0.1, -0.05) is 0 Å². The number of carbonyl (C=O) groups excluding carboxylic acids is 3. The number of hydrogen-bond acceptors (Lipinski definition) is 6. The number of carboxylic acid groups (broad SMARTS) is 1. The second-order valence-electron chi connectivity index (χ2n) is 6.78. The Morgan fingerprint density at radius 2 is 1.68 bits per heavy atom. The third-order valence-corrected chi connectivity index (χ3v) is 3.28. The lowest BCUT2D eigenvalue weighted by Gasteiger charge is -2.20. The van der Waals surface area contributed by atoms with E-state index in [2.05, 4.69) is 20.7 Å². The van der Waals surface area contributed by atoms with Crippen LogP contribution in [0.4, 0.5) is 15.3 Å². The Kier molecular flexibility index (Phi) is 8.24. The molecule has 0 spiro atoms. The number of ether oxygens (including phenoxy) is 2. The number of carbonyl (C=O) groups is 4. The fraction of sp³-hybridized carbons (Fsp3) is 0.444. The highest BCUT2D eigenvalue weighted by Gasteiger charge is 2.22. The standard InChI is InChI=1S/C18H25N3O7/c1-18(2,3)28-16(25)19-10-9-13(15(23)24)21-14(22)11-5-7-12(8-6-11)20-17(26)27-4/h5-8,13H,9-10H2,1-4H3,(H,19,25)(H,20,26)(H,21,22)(H,23,24). The zero-order chi connectivity index (χ0) is 21.3. The number of anilines is 1. The maximum Gasteiger partial charge on any atom is 0.411 e. The molecule has 0 aliphatic carbocycles. The van der Waals surface area contributed by atoms with E-state index in [4.69, 9.17) is 4.74 Å². The molecule has 0 aromatic heterocycles. The van der Waals surface area contributed by atoms with Crippen LogP contribution in [0.25, 0.3) is 0 Å². The van der Waals surface area contributed by atoms with Crippen molar-refractivity contribution in [1.82, 2.24) is 10.6 Å². The van der Waals surface area contributed by atoms with Gasteiger partial charge in [-0.2, -0.15) is 0 Å². The second kappa shape index (κ2) is 10.1. The topological polar surface area (TPSA) is 143 Å². The molecule has 4 N–H and O–H groups in total. The molecule has 0 saturated carbocycles. The highest BCUT2D eigenvalue weighted by molar-refractivity contribution is 5.97. The van der Waals surface area contributed by atoms with Gasteiger partial charge >= 0.3 is 18.2 Å². The number of amides is 3. The Morgan fingerprint density at radius 1 is 1.07 bits per heavy atom. The number of alkyl carbamates (subject to hydrolysis) is 1. The molecule has 0 radical (unpaired) electrons. The molecule has 10 nitrogen and oxygen atoms in total. The molecular weight excluding hydrogens is 370 g/mol. The van der Waals surface area contributed by atoms with E-state index in [0.717, 1.165) is 0 Å². The number of carboxylic acids is 1. The van der Waals surface area contributed by atoms with Crippen LogP contribution in [0.2, 0.25) is 0 Å². The van der Waals surface area contributed by atoms with Gasteiger partial charge in [0.15, 0.2) is 0 Å². The molecule has 1 unspecified atom stereocenters. The predicted molar refractivity (Wildman–Crippen MR) is 100 cm³/mol. The molecule has 0 bridgehead atoms. The average molecular weight is 395 g/mol. The Morgan fingerprint density at radius 3 is 2.18 bits per heavy atom. The van der Waals surface area contributed by atoms with Crippen LogP contribution in [-0.2, 0) is 14.3 Å². The van der Waals surface area contributed by atoms with Crippen molar-refractivity contribution >= 4 is 29.8 Å². The van der Waals surface area contributed by atoms with Crippen molar-refractivity contribution in [2.45, 2.75) is 38.8 Å². The molecule has 10 heteroatoms. The van der Waals surface area contributed by atoms with Crippen LogP contribution in [0.3, 0.4) is 0 Å². The van der Waals surface area contributed by atoms with E-state index in [-0.39, 0.29) is 18.5 Å². The van der Waals surface area contributed by atoms with E-state index < -0.39 is 35.7 Å². The summed E-state index contributed by atoms with van der Waals surface area (Å²) in [6, 6.07) is 4.61. The summed E-state index contributed by atoms with van der Waals surface area (Å²) >= 11 is 0. The van der Waals surface area contributed by atoms with Crippen molar-refractivity contribution < 1.29 is 33.8 Å². The molecule has 0 fully saturated rings. The van der Waals surface area contributed by atoms with Crippen molar-refractivity contribution in [3.8, 4) is 0 Å². The van der Waals surface area contributed by atoms with Crippen molar-refractivity contribution in [2.75, 3.05) is 19.0 Å². The maximum absolute atomic E-state index is 12.2. The van der Waals surface area contributed by atoms with Gasteiger partial charge in [-0.05, 0) is 51.5 Å². The molecule has 0 aliphatic rings. The lowest BCUT2D eigenvalue weighted by molar-refractivity contribution is -0.139. The molecule has 0 heterocycles. The van der Waals surface area contributed by atoms with Gasteiger partial charge in [0, 0.05) is 17.8 Å². The summed E-state index contributed by atoms with van der Waals surface area (Å²) in [6.45, 7) is 5.13. The number of hydrogen-bond donors (Lipinski definition) is 4. The molecule has 0 aliphatic heterocycles. The van der Waals surface area contributed by atoms with Gasteiger partial charge in [-0.25, -0.2) is 14.4 Å². The third kappa shape index (κ3) is 8.39. The van der Waals surface area contributed by atoms with Gasteiger partial charge in [0.1, 0.15) is 11.6 Å².